The van der Waals surface area contributed by atoms with E-state index in [0.29, 0.717) is 18.7 Å². The van der Waals surface area contributed by atoms with Gasteiger partial charge in [-0.05, 0) is 67.3 Å². The Morgan fingerprint density at radius 3 is 2.62 bits per heavy atom. The van der Waals surface area contributed by atoms with Gasteiger partial charge in [0.05, 0.1) is 11.6 Å². The number of amides is 2. The molecular weight excluding hydrogens is 566 g/mol. The number of hydrogen-bond donors (Lipinski definition) is 1. The Morgan fingerprint density at radius 1 is 1.00 bits per heavy atom. The average Bonchev–Trinajstić information content (AvgIpc) is 3.82. The van der Waals surface area contributed by atoms with Crippen LogP contribution in [-0.2, 0) is 34.0 Å². The van der Waals surface area contributed by atoms with Crippen molar-refractivity contribution in [3.8, 4) is 0 Å². The number of aromatic nitrogens is 5. The maximum Gasteiger partial charge on any atom is 0.247 e. The monoisotopic (exact) mass is 601 g/mol. The number of benzene rings is 3. The van der Waals surface area contributed by atoms with Gasteiger partial charge in [-0.25, -0.2) is 4.68 Å². The summed E-state index contributed by atoms with van der Waals surface area (Å²) in [6, 6.07) is 24.7. The molecule has 4 heterocycles. The summed E-state index contributed by atoms with van der Waals surface area (Å²) in [6.07, 6.45) is 5.25. The molecular formula is C35H35N7O3. The van der Waals surface area contributed by atoms with Crippen LogP contribution < -0.4 is 5.32 Å². The Bertz CT molecular complexity index is 1980. The van der Waals surface area contributed by atoms with Crippen molar-refractivity contribution < 1.29 is 14.3 Å². The van der Waals surface area contributed by atoms with E-state index in [1.54, 1.807) is 22.0 Å². The van der Waals surface area contributed by atoms with Gasteiger partial charge in [0.1, 0.15) is 18.1 Å². The molecule has 0 unspecified atom stereocenters. The first kappa shape index (κ1) is 28.7. The second-order valence-corrected chi connectivity index (χ2v) is 11.4. The number of para-hydroxylation sites is 2. The standard InChI is InChI=1S/C35H35N7O3/c1-2-40-30-13-5-3-11-27(30)28-19-25(15-16-31(28)40)34(35(44)37-21-26-10-8-18-45-26)41(22-24-9-7-17-36-20-24)33(43)23-42-32-14-6-4-12-29(32)38-39-42/h3-7,9,11-17,19-20,26,34H,2,8,10,18,21-23H2,1H3,(H,37,44)/t26-,34+/m1/s1. The van der Waals surface area contributed by atoms with Crippen LogP contribution in [0.15, 0.2) is 91.3 Å². The maximum absolute atomic E-state index is 14.4. The summed E-state index contributed by atoms with van der Waals surface area (Å²) in [5.74, 6) is -0.521. The summed E-state index contributed by atoms with van der Waals surface area (Å²) < 4.78 is 9.66. The van der Waals surface area contributed by atoms with Crippen molar-refractivity contribution in [2.75, 3.05) is 13.2 Å². The van der Waals surface area contributed by atoms with E-state index in [9.17, 15) is 9.59 Å². The number of pyridine rings is 1. The van der Waals surface area contributed by atoms with E-state index >= 15 is 0 Å². The van der Waals surface area contributed by atoms with E-state index in [2.05, 4.69) is 56.4 Å². The summed E-state index contributed by atoms with van der Waals surface area (Å²) in [5, 5.41) is 13.8. The van der Waals surface area contributed by atoms with E-state index in [-0.39, 0.29) is 31.0 Å². The molecule has 1 aliphatic rings. The molecule has 0 radical (unpaired) electrons. The molecule has 45 heavy (non-hydrogen) atoms. The van der Waals surface area contributed by atoms with Gasteiger partial charge in [-0.3, -0.25) is 14.6 Å². The molecule has 1 saturated heterocycles. The van der Waals surface area contributed by atoms with Gasteiger partial charge in [-0.1, -0.05) is 47.7 Å². The second kappa shape index (κ2) is 12.5. The van der Waals surface area contributed by atoms with Crippen LogP contribution in [0, 0.1) is 0 Å². The van der Waals surface area contributed by atoms with Crippen LogP contribution in [0.4, 0.5) is 0 Å². The topological polar surface area (TPSA) is 107 Å². The normalized spacial score (nSPS) is 15.5. The molecule has 0 bridgehead atoms. The molecule has 6 aromatic rings. The minimum atomic E-state index is -0.915. The first-order valence-electron chi connectivity index (χ1n) is 15.5. The maximum atomic E-state index is 14.4. The lowest BCUT2D eigenvalue weighted by Gasteiger charge is -2.32. The van der Waals surface area contributed by atoms with Gasteiger partial charge in [0.15, 0.2) is 0 Å². The summed E-state index contributed by atoms with van der Waals surface area (Å²) in [5.41, 5.74) is 5.21. The number of aryl methyl sites for hydroxylation is 1. The zero-order valence-corrected chi connectivity index (χ0v) is 25.2. The van der Waals surface area contributed by atoms with Gasteiger partial charge in [-0.2, -0.15) is 0 Å². The smallest absolute Gasteiger partial charge is 0.247 e. The Hall–Kier alpha value is -5.09. The average molecular weight is 602 g/mol. The molecule has 0 saturated carbocycles. The fourth-order valence-corrected chi connectivity index (χ4v) is 6.44. The number of rotatable bonds is 10. The van der Waals surface area contributed by atoms with Gasteiger partial charge >= 0.3 is 0 Å². The molecule has 10 heteroatoms. The molecule has 1 aliphatic heterocycles. The van der Waals surface area contributed by atoms with E-state index in [1.165, 1.54) is 0 Å². The van der Waals surface area contributed by atoms with Gasteiger partial charge in [0, 0.05) is 60.4 Å². The molecule has 2 atom stereocenters. The van der Waals surface area contributed by atoms with E-state index in [0.717, 1.165) is 57.8 Å². The molecule has 1 N–H and O–H groups in total. The summed E-state index contributed by atoms with van der Waals surface area (Å²) in [6.45, 7) is 4.13. The lowest BCUT2D eigenvalue weighted by Crippen LogP contribution is -2.46. The number of ether oxygens (including phenoxy) is 1. The number of carbonyl (C=O) groups is 2. The van der Waals surface area contributed by atoms with E-state index < -0.39 is 6.04 Å². The first-order chi connectivity index (χ1) is 22.1. The third-order valence-electron chi connectivity index (χ3n) is 8.62. The van der Waals surface area contributed by atoms with Gasteiger partial charge < -0.3 is 19.5 Å². The lowest BCUT2D eigenvalue weighted by atomic mass is 10.00. The molecule has 0 aliphatic carbocycles. The molecule has 2 amide bonds. The molecule has 3 aromatic carbocycles. The first-order valence-corrected chi connectivity index (χ1v) is 15.5. The van der Waals surface area contributed by atoms with E-state index in [4.69, 9.17) is 4.74 Å². The largest absolute Gasteiger partial charge is 0.376 e. The van der Waals surface area contributed by atoms with Gasteiger partial charge in [-0.15, -0.1) is 5.10 Å². The molecule has 228 valence electrons. The highest BCUT2D eigenvalue weighted by Gasteiger charge is 2.33. The molecule has 1 fully saturated rings. The second-order valence-electron chi connectivity index (χ2n) is 11.4. The predicted molar refractivity (Wildman–Crippen MR) is 172 cm³/mol. The van der Waals surface area contributed by atoms with Gasteiger partial charge in [0.2, 0.25) is 11.8 Å². The van der Waals surface area contributed by atoms with Crippen molar-refractivity contribution in [2.45, 2.75) is 51.5 Å². The number of carbonyl (C=O) groups excluding carboxylic acids is 2. The van der Waals surface area contributed by atoms with Crippen molar-refractivity contribution >= 4 is 44.7 Å². The highest BCUT2D eigenvalue weighted by molar-refractivity contribution is 6.08. The van der Waals surface area contributed by atoms with Crippen LogP contribution in [0.1, 0.15) is 36.9 Å². The number of nitrogens with zero attached hydrogens (tertiary/aromatic N) is 6. The molecule has 7 rings (SSSR count). The van der Waals surface area contributed by atoms with Gasteiger partial charge in [0.25, 0.3) is 0 Å². The Kier molecular flexibility index (Phi) is 7.96. The SMILES string of the molecule is CCn1c2ccccc2c2cc([C@@H](C(=O)NC[C@H]3CCCO3)N(Cc3cccnc3)C(=O)Cn3nnc4ccccc43)ccc21. The fourth-order valence-electron chi connectivity index (χ4n) is 6.44. The summed E-state index contributed by atoms with van der Waals surface area (Å²) in [7, 11) is 0. The van der Waals surface area contributed by atoms with Crippen LogP contribution in [0.5, 0.6) is 0 Å². The Balaban J connectivity index is 1.33. The number of nitrogens with one attached hydrogen (secondary N) is 1. The Labute approximate surface area is 260 Å². The summed E-state index contributed by atoms with van der Waals surface area (Å²) >= 11 is 0. The van der Waals surface area contributed by atoms with Crippen LogP contribution >= 0.6 is 0 Å². The van der Waals surface area contributed by atoms with Crippen molar-refractivity contribution in [2.24, 2.45) is 0 Å². The molecule has 10 nitrogen and oxygen atoms in total. The van der Waals surface area contributed by atoms with Crippen molar-refractivity contribution in [1.82, 2.24) is 34.8 Å². The highest BCUT2D eigenvalue weighted by Crippen LogP contribution is 2.33. The lowest BCUT2D eigenvalue weighted by molar-refractivity contribution is -0.142. The number of fused-ring (bicyclic) bond motifs is 4. The van der Waals surface area contributed by atoms with Crippen LogP contribution in [0.25, 0.3) is 32.8 Å². The fraction of sp³-hybridized carbons (Fsp3) is 0.286. The van der Waals surface area contributed by atoms with Crippen molar-refractivity contribution in [3.05, 3.63) is 102 Å². The zero-order chi connectivity index (χ0) is 30.8. The van der Waals surface area contributed by atoms with Crippen LogP contribution in [0.3, 0.4) is 0 Å². The van der Waals surface area contributed by atoms with Crippen molar-refractivity contribution in [3.63, 3.8) is 0 Å². The van der Waals surface area contributed by atoms with Crippen LogP contribution in [0.2, 0.25) is 0 Å². The highest BCUT2D eigenvalue weighted by atomic mass is 16.5. The minimum absolute atomic E-state index is 0.0383. The molecule has 0 spiro atoms. The predicted octanol–water partition coefficient (Wildman–Crippen LogP) is 5.02. The minimum Gasteiger partial charge on any atom is -0.376 e. The summed E-state index contributed by atoms with van der Waals surface area (Å²) in [4.78, 5) is 34.6. The third kappa shape index (κ3) is 5.64. The quantitative estimate of drug-likeness (QED) is 0.236. The van der Waals surface area contributed by atoms with E-state index in [1.807, 2.05) is 54.6 Å². The molecule has 3 aromatic heterocycles. The third-order valence-corrected chi connectivity index (χ3v) is 8.62. The van der Waals surface area contributed by atoms with Crippen molar-refractivity contribution in [1.29, 1.82) is 0 Å². The van der Waals surface area contributed by atoms with Crippen LogP contribution in [-0.4, -0.2) is 60.5 Å². The Morgan fingerprint density at radius 2 is 1.82 bits per heavy atom. The zero-order valence-electron chi connectivity index (χ0n) is 25.2. The number of hydrogen-bond acceptors (Lipinski definition) is 6.